The molecular weight excluding hydrogens is 456 g/mol. The van der Waals surface area contributed by atoms with Crippen LogP contribution in [-0.4, -0.2) is 65.9 Å². The van der Waals surface area contributed by atoms with Crippen LogP contribution in [0.1, 0.15) is 53.4 Å². The van der Waals surface area contributed by atoms with Gasteiger partial charge in [0.2, 0.25) is 12.0 Å². The number of carbonyl (C=O) groups is 2. The molecule has 1 atom stereocenters. The smallest absolute Gasteiger partial charge is 0.466 e. The molecule has 1 aromatic carbocycles. The first-order chi connectivity index (χ1) is 16.5. The standard InChI is InChI=1S/C24H38N2O7Si/c1-5-30-24(29)21(14-12-13-17-25-19-27)18-23(28)26(22-15-10-9-11-16-22)20-34(31-6-2,32-7-3)33-8-4/h9-11,15-16,21H,5-8,12-14,17-18,20H2,1-4H3. The molecule has 34 heavy (non-hydrogen) atoms. The van der Waals surface area contributed by atoms with Gasteiger partial charge >= 0.3 is 14.8 Å². The molecule has 190 valence electrons. The molecule has 0 bridgehead atoms. The van der Waals surface area contributed by atoms with Crippen molar-refractivity contribution >= 4 is 32.4 Å². The lowest BCUT2D eigenvalue weighted by molar-refractivity contribution is -0.149. The summed E-state index contributed by atoms with van der Waals surface area (Å²) in [6.07, 6.45) is 3.31. The lowest BCUT2D eigenvalue weighted by Gasteiger charge is -2.34. The molecule has 0 aliphatic carbocycles. The SMILES string of the molecule is CCOC(=O)C(CCCCN=C=O)CC(=O)N(C[Si](OCC)(OCC)OCC)c1ccccc1. The van der Waals surface area contributed by atoms with Gasteiger partial charge in [-0.25, -0.2) is 9.79 Å². The second-order valence-corrected chi connectivity index (χ2v) is 9.97. The van der Waals surface area contributed by atoms with Gasteiger partial charge in [0.1, 0.15) is 0 Å². The van der Waals surface area contributed by atoms with E-state index in [1.165, 1.54) is 6.08 Å². The van der Waals surface area contributed by atoms with Gasteiger partial charge in [0, 0.05) is 31.9 Å². The Morgan fingerprint density at radius 2 is 1.59 bits per heavy atom. The van der Waals surface area contributed by atoms with Crippen molar-refractivity contribution < 1.29 is 32.4 Å². The fourth-order valence-electron chi connectivity index (χ4n) is 3.56. The Hall–Kier alpha value is -2.36. The number of hydrogen-bond donors (Lipinski definition) is 0. The minimum atomic E-state index is -3.20. The summed E-state index contributed by atoms with van der Waals surface area (Å²) in [5.74, 6) is -1.27. The van der Waals surface area contributed by atoms with E-state index in [9.17, 15) is 14.4 Å². The molecule has 0 fully saturated rings. The van der Waals surface area contributed by atoms with Crippen molar-refractivity contribution in [1.82, 2.24) is 0 Å². The molecule has 0 spiro atoms. The normalized spacial score (nSPS) is 12.0. The van der Waals surface area contributed by atoms with Gasteiger partial charge in [-0.05, 0) is 52.7 Å². The number of esters is 1. The molecule has 1 amide bonds. The predicted octanol–water partition coefficient (Wildman–Crippen LogP) is 3.68. The van der Waals surface area contributed by atoms with Crippen molar-refractivity contribution in [2.45, 2.75) is 53.4 Å². The van der Waals surface area contributed by atoms with Crippen molar-refractivity contribution in [3.05, 3.63) is 30.3 Å². The van der Waals surface area contributed by atoms with Gasteiger partial charge < -0.3 is 22.9 Å². The number of carbonyl (C=O) groups excluding carboxylic acids is 3. The van der Waals surface area contributed by atoms with Crippen LogP contribution in [0.4, 0.5) is 5.69 Å². The van der Waals surface area contributed by atoms with Crippen LogP contribution in [-0.2, 0) is 32.4 Å². The van der Waals surface area contributed by atoms with Crippen molar-refractivity contribution in [3.63, 3.8) is 0 Å². The molecule has 0 aromatic heterocycles. The summed E-state index contributed by atoms with van der Waals surface area (Å²) in [4.78, 5) is 41.6. The number of benzene rings is 1. The molecule has 0 aliphatic rings. The Bertz CT molecular complexity index is 755. The van der Waals surface area contributed by atoms with Crippen LogP contribution in [0.25, 0.3) is 0 Å². The third-order valence-corrected chi connectivity index (χ3v) is 7.88. The van der Waals surface area contributed by atoms with Gasteiger partial charge in [0.15, 0.2) is 0 Å². The summed E-state index contributed by atoms with van der Waals surface area (Å²) in [7, 11) is -3.20. The number of ether oxygens (including phenoxy) is 1. The second kappa shape index (κ2) is 17.1. The third-order valence-electron chi connectivity index (χ3n) is 4.99. The molecular formula is C24H38N2O7Si. The van der Waals surface area contributed by atoms with E-state index in [1.807, 2.05) is 51.1 Å². The Kier molecular flexibility index (Phi) is 14.9. The molecule has 1 rings (SSSR count). The van der Waals surface area contributed by atoms with Crippen molar-refractivity contribution in [1.29, 1.82) is 0 Å². The van der Waals surface area contributed by atoms with Crippen molar-refractivity contribution in [2.24, 2.45) is 10.9 Å². The van der Waals surface area contributed by atoms with Crippen LogP contribution in [0.5, 0.6) is 0 Å². The number of rotatable bonds is 18. The van der Waals surface area contributed by atoms with Gasteiger partial charge in [0.25, 0.3) is 0 Å². The number of para-hydroxylation sites is 1. The number of aliphatic imine (C=N–C) groups is 1. The van der Waals surface area contributed by atoms with Gasteiger partial charge in [-0.2, -0.15) is 0 Å². The van der Waals surface area contributed by atoms with Crippen LogP contribution >= 0.6 is 0 Å². The molecule has 9 nitrogen and oxygen atoms in total. The quantitative estimate of drug-likeness (QED) is 0.101. The number of unbranched alkanes of at least 4 members (excludes halogenated alkanes) is 1. The molecule has 0 radical (unpaired) electrons. The second-order valence-electron chi connectivity index (χ2n) is 7.42. The maximum absolute atomic E-state index is 13.6. The molecule has 1 unspecified atom stereocenters. The van der Waals surface area contributed by atoms with Crippen LogP contribution in [0, 0.1) is 5.92 Å². The summed E-state index contributed by atoms with van der Waals surface area (Å²) in [6, 6.07) is 9.22. The van der Waals surface area contributed by atoms with Crippen LogP contribution in [0.3, 0.4) is 0 Å². The first-order valence-corrected chi connectivity index (χ1v) is 13.9. The Balaban J connectivity index is 3.16. The average Bonchev–Trinajstić information content (AvgIpc) is 2.83. The highest BCUT2D eigenvalue weighted by Crippen LogP contribution is 2.24. The minimum absolute atomic E-state index is 0.0282. The highest BCUT2D eigenvalue weighted by molar-refractivity contribution is 6.62. The Morgan fingerprint density at radius 1 is 0.971 bits per heavy atom. The summed E-state index contributed by atoms with van der Waals surface area (Å²) in [5, 5.41) is 0. The molecule has 0 aliphatic heterocycles. The van der Waals surface area contributed by atoms with E-state index in [0.717, 1.165) is 0 Å². The van der Waals surface area contributed by atoms with E-state index in [0.29, 0.717) is 51.3 Å². The zero-order chi connectivity index (χ0) is 25.2. The van der Waals surface area contributed by atoms with Crippen LogP contribution < -0.4 is 4.90 Å². The topological polar surface area (TPSA) is 104 Å². The largest absolute Gasteiger partial charge is 0.521 e. The number of anilines is 1. The average molecular weight is 495 g/mol. The molecule has 0 saturated carbocycles. The van der Waals surface area contributed by atoms with Crippen molar-refractivity contribution in [2.75, 3.05) is 44.0 Å². The summed E-state index contributed by atoms with van der Waals surface area (Å²) in [5.41, 5.74) is 0.673. The van der Waals surface area contributed by atoms with Gasteiger partial charge in [-0.15, -0.1) is 0 Å². The summed E-state index contributed by atoms with van der Waals surface area (Å²) >= 11 is 0. The summed E-state index contributed by atoms with van der Waals surface area (Å²) in [6.45, 7) is 9.05. The predicted molar refractivity (Wildman–Crippen MR) is 131 cm³/mol. The maximum Gasteiger partial charge on any atom is 0.521 e. The van der Waals surface area contributed by atoms with E-state index in [1.54, 1.807) is 11.8 Å². The molecule has 0 N–H and O–H groups in total. The molecule has 1 aromatic rings. The fourth-order valence-corrected chi connectivity index (χ4v) is 6.15. The van der Waals surface area contributed by atoms with Crippen molar-refractivity contribution in [3.8, 4) is 0 Å². The van der Waals surface area contributed by atoms with E-state index < -0.39 is 20.7 Å². The molecule has 10 heteroatoms. The number of isocyanates is 1. The first kappa shape index (κ1) is 29.7. The molecule has 0 heterocycles. The van der Waals surface area contributed by atoms with Gasteiger partial charge in [0.05, 0.1) is 25.2 Å². The Morgan fingerprint density at radius 3 is 2.12 bits per heavy atom. The maximum atomic E-state index is 13.6. The number of hydrogen-bond acceptors (Lipinski definition) is 8. The zero-order valence-electron chi connectivity index (χ0n) is 20.8. The van der Waals surface area contributed by atoms with Gasteiger partial charge in [-0.3, -0.25) is 9.59 Å². The van der Waals surface area contributed by atoms with Crippen LogP contribution in [0.15, 0.2) is 35.3 Å². The van der Waals surface area contributed by atoms with E-state index in [4.69, 9.17) is 18.0 Å². The highest BCUT2D eigenvalue weighted by Gasteiger charge is 2.44. The van der Waals surface area contributed by atoms with Gasteiger partial charge in [-0.1, -0.05) is 24.6 Å². The fraction of sp³-hybridized carbons (Fsp3) is 0.625. The van der Waals surface area contributed by atoms with Crippen LogP contribution in [0.2, 0.25) is 0 Å². The van der Waals surface area contributed by atoms with E-state index in [2.05, 4.69) is 4.99 Å². The highest BCUT2D eigenvalue weighted by atomic mass is 28.4. The first-order valence-electron chi connectivity index (χ1n) is 11.9. The summed E-state index contributed by atoms with van der Waals surface area (Å²) < 4.78 is 23.1. The molecule has 0 saturated heterocycles. The van der Waals surface area contributed by atoms with E-state index in [-0.39, 0.29) is 25.1 Å². The van der Waals surface area contributed by atoms with E-state index >= 15 is 0 Å². The lowest BCUT2D eigenvalue weighted by Crippen LogP contribution is -2.57. The Labute approximate surface area is 203 Å². The number of nitrogens with zero attached hydrogens (tertiary/aromatic N) is 2. The minimum Gasteiger partial charge on any atom is -0.466 e. The monoisotopic (exact) mass is 494 g/mol. The third kappa shape index (κ3) is 10.3. The lowest BCUT2D eigenvalue weighted by atomic mass is 9.97. The number of amides is 1. The zero-order valence-corrected chi connectivity index (χ0v) is 21.8.